The number of rotatable bonds is 4. The first-order valence-electron chi connectivity index (χ1n) is 9.15. The number of aliphatic hydroxyl groups excluding tert-OH is 1. The third-order valence-corrected chi connectivity index (χ3v) is 5.74. The van der Waals surface area contributed by atoms with Crippen molar-refractivity contribution in [3.63, 3.8) is 0 Å². The number of nitrogens with zero attached hydrogens (tertiary/aromatic N) is 4. The monoisotopic (exact) mass is 358 g/mol. The van der Waals surface area contributed by atoms with Crippen LogP contribution in [0.3, 0.4) is 0 Å². The Kier molecular flexibility index (Phi) is 4.26. The predicted octanol–water partition coefficient (Wildman–Crippen LogP) is 2.37. The van der Waals surface area contributed by atoms with Crippen molar-refractivity contribution in [1.82, 2.24) is 19.9 Å². The molecule has 1 N–H and O–H groups in total. The van der Waals surface area contributed by atoms with Crippen LogP contribution >= 0.6 is 0 Å². The topological polar surface area (TPSA) is 71.2 Å². The van der Waals surface area contributed by atoms with Crippen molar-refractivity contribution >= 4 is 5.91 Å². The highest BCUT2D eigenvalue weighted by Gasteiger charge is 2.48. The van der Waals surface area contributed by atoms with Gasteiger partial charge < -0.3 is 10.0 Å². The maximum absolute atomic E-state index is 13.3. The van der Waals surface area contributed by atoms with E-state index in [2.05, 4.69) is 10.3 Å². The standard InChI is InChI=1S/C19H23FN4O2/c1-13(25)17-12-24(22-21-17)16-10-23(11-16)18(26)19(8-2-3-9-19)14-4-6-15(20)7-5-14/h4-7,12-13,16,25H,2-3,8-11H2,1H3/t13-/m0/s1. The van der Waals surface area contributed by atoms with Crippen LogP contribution in [0.4, 0.5) is 4.39 Å². The highest BCUT2D eigenvalue weighted by molar-refractivity contribution is 5.89. The summed E-state index contributed by atoms with van der Waals surface area (Å²) in [5.74, 6) is -0.146. The lowest BCUT2D eigenvalue weighted by Crippen LogP contribution is -2.56. The number of carbonyl (C=O) groups is 1. The van der Waals surface area contributed by atoms with Gasteiger partial charge in [0.25, 0.3) is 0 Å². The van der Waals surface area contributed by atoms with E-state index in [-0.39, 0.29) is 17.8 Å². The zero-order chi connectivity index (χ0) is 18.3. The number of likely N-dealkylation sites (tertiary alicyclic amines) is 1. The van der Waals surface area contributed by atoms with Crippen molar-refractivity contribution < 1.29 is 14.3 Å². The molecule has 1 aliphatic carbocycles. The van der Waals surface area contributed by atoms with Crippen LogP contribution in [0.2, 0.25) is 0 Å². The minimum Gasteiger partial charge on any atom is -0.387 e. The Labute approximate surface area is 151 Å². The molecule has 1 saturated heterocycles. The highest BCUT2D eigenvalue weighted by Crippen LogP contribution is 2.44. The molecule has 1 atom stereocenters. The van der Waals surface area contributed by atoms with Gasteiger partial charge in [0.05, 0.1) is 23.8 Å². The van der Waals surface area contributed by atoms with Crippen LogP contribution in [-0.2, 0) is 10.2 Å². The molecule has 138 valence electrons. The van der Waals surface area contributed by atoms with Gasteiger partial charge in [-0.05, 0) is 37.5 Å². The van der Waals surface area contributed by atoms with Crippen LogP contribution in [0.15, 0.2) is 30.5 Å². The average molecular weight is 358 g/mol. The molecule has 0 bridgehead atoms. The molecule has 26 heavy (non-hydrogen) atoms. The van der Waals surface area contributed by atoms with Gasteiger partial charge in [0.15, 0.2) is 0 Å². The summed E-state index contributed by atoms with van der Waals surface area (Å²) in [5, 5.41) is 17.6. The van der Waals surface area contributed by atoms with E-state index in [4.69, 9.17) is 0 Å². The molecule has 2 aromatic rings. The molecule has 0 spiro atoms. The lowest BCUT2D eigenvalue weighted by Gasteiger charge is -2.44. The van der Waals surface area contributed by atoms with Gasteiger partial charge in [-0.2, -0.15) is 0 Å². The molecule has 1 aromatic carbocycles. The number of amides is 1. The van der Waals surface area contributed by atoms with Gasteiger partial charge in [-0.15, -0.1) is 5.10 Å². The summed E-state index contributed by atoms with van der Waals surface area (Å²) in [6, 6.07) is 6.47. The summed E-state index contributed by atoms with van der Waals surface area (Å²) in [6.45, 7) is 2.83. The second-order valence-electron chi connectivity index (χ2n) is 7.46. The van der Waals surface area contributed by atoms with E-state index in [0.29, 0.717) is 18.8 Å². The number of benzene rings is 1. The summed E-state index contributed by atoms with van der Waals surface area (Å²) < 4.78 is 15.0. The lowest BCUT2D eigenvalue weighted by molar-refractivity contribution is -0.143. The van der Waals surface area contributed by atoms with Crippen molar-refractivity contribution in [3.8, 4) is 0 Å². The van der Waals surface area contributed by atoms with Crippen molar-refractivity contribution in [2.45, 2.75) is 50.2 Å². The van der Waals surface area contributed by atoms with Gasteiger partial charge in [-0.3, -0.25) is 4.79 Å². The normalized spacial score (nSPS) is 20.8. The molecule has 2 aliphatic rings. The van der Waals surface area contributed by atoms with Crippen LogP contribution < -0.4 is 0 Å². The third-order valence-electron chi connectivity index (χ3n) is 5.74. The molecular weight excluding hydrogens is 335 g/mol. The highest BCUT2D eigenvalue weighted by atomic mass is 19.1. The number of hydrogen-bond acceptors (Lipinski definition) is 4. The van der Waals surface area contributed by atoms with Gasteiger partial charge in [0.1, 0.15) is 11.5 Å². The Bertz CT molecular complexity index is 790. The molecule has 7 heteroatoms. The Morgan fingerprint density at radius 1 is 1.27 bits per heavy atom. The van der Waals surface area contributed by atoms with E-state index in [0.717, 1.165) is 31.2 Å². The van der Waals surface area contributed by atoms with Crippen molar-refractivity contribution in [2.75, 3.05) is 13.1 Å². The molecule has 1 saturated carbocycles. The predicted molar refractivity (Wildman–Crippen MR) is 92.8 cm³/mol. The van der Waals surface area contributed by atoms with Crippen LogP contribution in [-0.4, -0.2) is 44.0 Å². The van der Waals surface area contributed by atoms with E-state index < -0.39 is 11.5 Å². The van der Waals surface area contributed by atoms with Crippen LogP contribution in [0.1, 0.15) is 56.0 Å². The molecule has 2 heterocycles. The number of carbonyl (C=O) groups excluding carboxylic acids is 1. The maximum Gasteiger partial charge on any atom is 0.233 e. The fourth-order valence-electron chi connectivity index (χ4n) is 4.12. The van der Waals surface area contributed by atoms with Crippen molar-refractivity contribution in [2.24, 2.45) is 0 Å². The molecule has 1 aromatic heterocycles. The Hall–Kier alpha value is -2.28. The van der Waals surface area contributed by atoms with Crippen molar-refractivity contribution in [1.29, 1.82) is 0 Å². The third kappa shape index (κ3) is 2.80. The first-order chi connectivity index (χ1) is 12.5. The van der Waals surface area contributed by atoms with Gasteiger partial charge in [-0.25, -0.2) is 9.07 Å². The number of hydrogen-bond donors (Lipinski definition) is 1. The fraction of sp³-hybridized carbons (Fsp3) is 0.526. The molecule has 4 rings (SSSR count). The second kappa shape index (κ2) is 6.46. The molecular formula is C19H23FN4O2. The molecule has 1 aliphatic heterocycles. The summed E-state index contributed by atoms with van der Waals surface area (Å²) in [7, 11) is 0. The number of aliphatic hydroxyl groups is 1. The number of aromatic nitrogens is 3. The first-order valence-corrected chi connectivity index (χ1v) is 9.15. The molecule has 1 amide bonds. The second-order valence-corrected chi connectivity index (χ2v) is 7.46. The largest absolute Gasteiger partial charge is 0.387 e. The molecule has 0 radical (unpaired) electrons. The SMILES string of the molecule is C[C@H](O)c1cn(C2CN(C(=O)C3(c4ccc(F)cc4)CCCC3)C2)nn1. The Balaban J connectivity index is 1.49. The number of halogens is 1. The van der Waals surface area contributed by atoms with Gasteiger partial charge >= 0.3 is 0 Å². The quantitative estimate of drug-likeness (QED) is 0.911. The van der Waals surface area contributed by atoms with Gasteiger partial charge in [-0.1, -0.05) is 30.2 Å². The minimum absolute atomic E-state index is 0.0885. The van der Waals surface area contributed by atoms with E-state index in [9.17, 15) is 14.3 Å². The van der Waals surface area contributed by atoms with Crippen LogP contribution in [0, 0.1) is 5.82 Å². The molecule has 2 fully saturated rings. The zero-order valence-corrected chi connectivity index (χ0v) is 14.8. The smallest absolute Gasteiger partial charge is 0.233 e. The summed E-state index contributed by atoms with van der Waals surface area (Å²) in [6.07, 6.45) is 4.74. The van der Waals surface area contributed by atoms with Crippen LogP contribution in [0.25, 0.3) is 0 Å². The fourth-order valence-corrected chi connectivity index (χ4v) is 4.12. The van der Waals surface area contributed by atoms with E-state index in [1.165, 1.54) is 12.1 Å². The summed E-state index contributed by atoms with van der Waals surface area (Å²) in [4.78, 5) is 15.1. The first kappa shape index (κ1) is 17.1. The van der Waals surface area contributed by atoms with Gasteiger partial charge in [0.2, 0.25) is 5.91 Å². The maximum atomic E-state index is 13.3. The van der Waals surface area contributed by atoms with Crippen LogP contribution in [0.5, 0.6) is 0 Å². The van der Waals surface area contributed by atoms with Gasteiger partial charge in [0, 0.05) is 13.1 Å². The van der Waals surface area contributed by atoms with E-state index in [1.807, 2.05) is 4.90 Å². The average Bonchev–Trinajstić information content (AvgIpc) is 3.24. The van der Waals surface area contributed by atoms with E-state index >= 15 is 0 Å². The molecule has 6 nitrogen and oxygen atoms in total. The minimum atomic E-state index is -0.651. The zero-order valence-electron chi connectivity index (χ0n) is 14.8. The summed E-state index contributed by atoms with van der Waals surface area (Å²) in [5.41, 5.74) is 0.932. The lowest BCUT2D eigenvalue weighted by atomic mass is 9.76. The summed E-state index contributed by atoms with van der Waals surface area (Å²) >= 11 is 0. The Morgan fingerprint density at radius 2 is 1.92 bits per heavy atom. The molecule has 0 unspecified atom stereocenters. The van der Waals surface area contributed by atoms with E-state index in [1.54, 1.807) is 29.9 Å². The van der Waals surface area contributed by atoms with Crippen molar-refractivity contribution in [3.05, 3.63) is 47.5 Å². The Morgan fingerprint density at radius 3 is 2.50 bits per heavy atom.